The fourth-order valence-corrected chi connectivity index (χ4v) is 6.64. The Labute approximate surface area is 234 Å². The van der Waals surface area contributed by atoms with E-state index >= 15 is 0 Å². The molecule has 3 N–H and O–H groups in total. The molecule has 39 heavy (non-hydrogen) atoms. The van der Waals surface area contributed by atoms with Crippen molar-refractivity contribution in [1.29, 1.82) is 5.26 Å². The molecule has 0 aromatic heterocycles. The Bertz CT molecular complexity index is 950. The molecular weight excluding hydrogens is 496 g/mol. The van der Waals surface area contributed by atoms with Crippen LogP contribution in [0.5, 0.6) is 0 Å². The number of rotatable bonds is 2. The first kappa shape index (κ1) is 31.2. The van der Waals surface area contributed by atoms with Gasteiger partial charge < -0.3 is 25.4 Å². The molecule has 1 saturated carbocycles. The van der Waals surface area contributed by atoms with Crippen LogP contribution in [0.4, 0.5) is 4.79 Å². The molecule has 3 fully saturated rings. The Balaban J connectivity index is 1.94. The molecule has 3 amide bonds. The smallest absolute Gasteiger partial charge is 0.408 e. The predicted octanol–water partition coefficient (Wildman–Crippen LogP) is 4.28. The van der Waals surface area contributed by atoms with Crippen molar-refractivity contribution in [3.63, 3.8) is 0 Å². The van der Waals surface area contributed by atoms with E-state index < -0.39 is 41.3 Å². The zero-order chi connectivity index (χ0) is 29.2. The minimum absolute atomic E-state index is 0.0197. The second kappa shape index (κ2) is 12.0. The second-order valence-electron chi connectivity index (χ2n) is 14.2. The van der Waals surface area contributed by atoms with Crippen molar-refractivity contribution < 1.29 is 24.2 Å². The molecule has 3 rings (SSSR count). The second-order valence-corrected chi connectivity index (χ2v) is 14.2. The molecule has 2 saturated heterocycles. The topological polar surface area (TPSA) is 132 Å². The number of aliphatic hydroxyl groups is 1. The van der Waals surface area contributed by atoms with Gasteiger partial charge in [-0.3, -0.25) is 9.59 Å². The van der Waals surface area contributed by atoms with Crippen LogP contribution in [0, 0.1) is 34.0 Å². The molecule has 0 bridgehead atoms. The quantitative estimate of drug-likeness (QED) is 0.443. The van der Waals surface area contributed by atoms with E-state index in [-0.39, 0.29) is 29.1 Å². The number of fused-ring (bicyclic) bond motifs is 3. The van der Waals surface area contributed by atoms with E-state index in [0.717, 1.165) is 51.4 Å². The van der Waals surface area contributed by atoms with E-state index in [4.69, 9.17) is 4.74 Å². The van der Waals surface area contributed by atoms with Crippen LogP contribution in [-0.2, 0) is 14.3 Å². The summed E-state index contributed by atoms with van der Waals surface area (Å²) >= 11 is 0. The molecule has 220 valence electrons. The first-order valence-electron chi connectivity index (χ1n) is 14.8. The number of carbonyl (C=O) groups excluding carboxylic acids is 3. The van der Waals surface area contributed by atoms with Gasteiger partial charge in [-0.15, -0.1) is 0 Å². The average Bonchev–Trinajstić information content (AvgIpc) is 3.16. The highest BCUT2D eigenvalue weighted by molar-refractivity contribution is 5.93. The van der Waals surface area contributed by atoms with Crippen LogP contribution in [0.25, 0.3) is 0 Å². The molecule has 2 heterocycles. The van der Waals surface area contributed by atoms with Crippen LogP contribution in [0.3, 0.4) is 0 Å². The molecule has 2 aliphatic heterocycles. The lowest BCUT2D eigenvalue weighted by Gasteiger charge is -2.39. The Morgan fingerprint density at radius 2 is 1.69 bits per heavy atom. The van der Waals surface area contributed by atoms with Crippen molar-refractivity contribution in [2.45, 2.75) is 136 Å². The van der Waals surface area contributed by atoms with Crippen LogP contribution < -0.4 is 10.6 Å². The Hall–Kier alpha value is -2.34. The molecular formula is C30H50N4O5. The van der Waals surface area contributed by atoms with Crippen LogP contribution in [-0.4, -0.2) is 64.3 Å². The molecule has 0 radical (unpaired) electrons. The minimum atomic E-state index is -1.31. The molecule has 6 atom stereocenters. The molecule has 0 aromatic rings. The maximum Gasteiger partial charge on any atom is 0.408 e. The molecule has 9 nitrogen and oxygen atoms in total. The fourth-order valence-electron chi connectivity index (χ4n) is 6.64. The third-order valence-corrected chi connectivity index (χ3v) is 9.13. The van der Waals surface area contributed by atoms with Gasteiger partial charge >= 0.3 is 6.09 Å². The van der Waals surface area contributed by atoms with Gasteiger partial charge in [0.15, 0.2) is 6.10 Å². The predicted molar refractivity (Wildman–Crippen MR) is 148 cm³/mol. The number of aliphatic hydroxyl groups excluding tert-OH is 1. The molecule has 3 aliphatic rings. The minimum Gasteiger partial charge on any atom is -0.444 e. The Morgan fingerprint density at radius 3 is 2.28 bits per heavy atom. The van der Waals surface area contributed by atoms with Gasteiger partial charge in [0, 0.05) is 6.54 Å². The zero-order valence-corrected chi connectivity index (χ0v) is 25.0. The summed E-state index contributed by atoms with van der Waals surface area (Å²) < 4.78 is 5.53. The van der Waals surface area contributed by atoms with Gasteiger partial charge in [0.25, 0.3) is 0 Å². The third-order valence-electron chi connectivity index (χ3n) is 9.13. The SMILES string of the molecule is CC(C)(C)OC(=O)N[C@@H]1C(=O)N2CC3C([C@H]2C(=O)N[C@H](C(O)C#N)CCCCCCCCCC1(C)C)C3(C)C. The Kier molecular flexibility index (Phi) is 9.63. The van der Waals surface area contributed by atoms with E-state index in [9.17, 15) is 24.8 Å². The summed E-state index contributed by atoms with van der Waals surface area (Å²) in [7, 11) is 0. The number of amides is 3. The van der Waals surface area contributed by atoms with E-state index in [1.807, 2.05) is 19.9 Å². The molecule has 0 spiro atoms. The first-order chi connectivity index (χ1) is 18.1. The number of ether oxygens (including phenoxy) is 1. The summed E-state index contributed by atoms with van der Waals surface area (Å²) in [5.41, 5.74) is -1.37. The number of carbonyl (C=O) groups is 3. The van der Waals surface area contributed by atoms with Crippen LogP contribution >= 0.6 is 0 Å². The first-order valence-corrected chi connectivity index (χ1v) is 14.8. The number of hydrogen-bond donors (Lipinski definition) is 3. The molecule has 1 aliphatic carbocycles. The fraction of sp³-hybridized carbons (Fsp3) is 0.867. The van der Waals surface area contributed by atoms with Crippen molar-refractivity contribution in [2.75, 3.05) is 6.54 Å². The van der Waals surface area contributed by atoms with E-state index in [0.29, 0.717) is 13.0 Å². The van der Waals surface area contributed by atoms with Crippen molar-refractivity contribution in [1.82, 2.24) is 15.5 Å². The molecule has 3 unspecified atom stereocenters. The van der Waals surface area contributed by atoms with Crippen molar-refractivity contribution >= 4 is 17.9 Å². The van der Waals surface area contributed by atoms with Crippen molar-refractivity contribution in [3.05, 3.63) is 0 Å². The number of alkyl carbamates (subject to hydrolysis) is 1. The standard InChI is InChI=1S/C30H50N4O5/c1-28(2,3)39-27(38)33-24-26(37)34-18-19-22(30(19,6)7)23(34)25(36)32-20(21(35)17-31)15-13-11-9-8-10-12-14-16-29(24,4)5/h19-24,35H,8-16,18H2,1-7H3,(H,32,36)(H,33,38)/t19?,20-,21?,22?,23-,24+/m0/s1. The van der Waals surface area contributed by atoms with Crippen molar-refractivity contribution in [3.8, 4) is 6.07 Å². The van der Waals surface area contributed by atoms with E-state index in [1.54, 1.807) is 25.7 Å². The van der Waals surface area contributed by atoms with Crippen LogP contribution in [0.2, 0.25) is 0 Å². The monoisotopic (exact) mass is 546 g/mol. The van der Waals surface area contributed by atoms with Crippen molar-refractivity contribution in [2.24, 2.45) is 22.7 Å². The molecule has 9 heteroatoms. The summed E-state index contributed by atoms with van der Waals surface area (Å²) in [5.74, 6) is -0.462. The third kappa shape index (κ3) is 7.45. The lowest BCUT2D eigenvalue weighted by atomic mass is 9.78. The van der Waals surface area contributed by atoms with Gasteiger partial charge in [-0.25, -0.2) is 4.79 Å². The number of hydrogen-bond acceptors (Lipinski definition) is 6. The number of nitrogens with one attached hydrogen (secondary N) is 2. The number of nitrogens with zero attached hydrogens (tertiary/aromatic N) is 2. The van der Waals surface area contributed by atoms with Crippen LogP contribution in [0.1, 0.15) is 106 Å². The Morgan fingerprint density at radius 1 is 1.10 bits per heavy atom. The highest BCUT2D eigenvalue weighted by atomic mass is 16.6. The van der Waals surface area contributed by atoms with Gasteiger partial charge in [-0.2, -0.15) is 5.26 Å². The van der Waals surface area contributed by atoms with Gasteiger partial charge in [0.05, 0.1) is 12.1 Å². The largest absolute Gasteiger partial charge is 0.444 e. The zero-order valence-electron chi connectivity index (χ0n) is 25.0. The number of nitriles is 1. The highest BCUT2D eigenvalue weighted by Crippen LogP contribution is 2.65. The summed E-state index contributed by atoms with van der Waals surface area (Å²) in [5, 5.41) is 25.6. The highest BCUT2D eigenvalue weighted by Gasteiger charge is 2.70. The maximum atomic E-state index is 14.3. The number of piperidine rings is 1. The summed E-state index contributed by atoms with van der Waals surface area (Å²) in [6.45, 7) is 14.0. The lowest BCUT2D eigenvalue weighted by Crippen LogP contribution is -2.61. The van der Waals surface area contributed by atoms with Crippen LogP contribution in [0.15, 0.2) is 0 Å². The molecule has 0 aromatic carbocycles. The van der Waals surface area contributed by atoms with Gasteiger partial charge in [0.1, 0.15) is 17.7 Å². The summed E-state index contributed by atoms with van der Waals surface area (Å²) in [6, 6.07) is -0.396. The normalized spacial score (nSPS) is 32.5. The van der Waals surface area contributed by atoms with E-state index in [1.165, 1.54) is 0 Å². The average molecular weight is 547 g/mol. The van der Waals surface area contributed by atoms with Gasteiger partial charge in [-0.05, 0) is 56.3 Å². The maximum absolute atomic E-state index is 14.3. The summed E-state index contributed by atoms with van der Waals surface area (Å²) in [6.07, 6.45) is 6.28. The lowest BCUT2D eigenvalue weighted by molar-refractivity contribution is -0.144. The van der Waals surface area contributed by atoms with Gasteiger partial charge in [0.2, 0.25) is 11.8 Å². The van der Waals surface area contributed by atoms with Gasteiger partial charge in [-0.1, -0.05) is 72.6 Å². The van der Waals surface area contributed by atoms with E-state index in [2.05, 4.69) is 24.5 Å². The summed E-state index contributed by atoms with van der Waals surface area (Å²) in [4.78, 5) is 42.6.